The molecule has 0 unspecified atom stereocenters. The van der Waals surface area contributed by atoms with E-state index in [4.69, 9.17) is 14.2 Å². The molecule has 1 saturated carbocycles. The van der Waals surface area contributed by atoms with Gasteiger partial charge in [0.25, 0.3) is 11.5 Å². The molecule has 2 aliphatic rings. The molecule has 1 N–H and O–H groups in total. The Labute approximate surface area is 223 Å². The number of anilines is 1. The van der Waals surface area contributed by atoms with Gasteiger partial charge in [0.15, 0.2) is 17.3 Å². The van der Waals surface area contributed by atoms with Crippen LogP contribution in [0.25, 0.3) is 10.9 Å². The molecule has 1 aromatic carbocycles. The van der Waals surface area contributed by atoms with E-state index in [1.807, 2.05) is 0 Å². The Kier molecular flexibility index (Phi) is 6.22. The third-order valence-electron chi connectivity index (χ3n) is 7.03. The van der Waals surface area contributed by atoms with E-state index in [2.05, 4.69) is 15.3 Å². The minimum Gasteiger partial charge on any atom is -0.493 e. The van der Waals surface area contributed by atoms with Crippen LogP contribution in [-0.2, 0) is 6.42 Å². The molecule has 10 nitrogen and oxygen atoms in total. The van der Waals surface area contributed by atoms with Crippen LogP contribution in [0.15, 0.2) is 53.6 Å². The number of aromatic nitrogens is 3. The highest BCUT2D eigenvalue weighted by Crippen LogP contribution is 2.38. The third-order valence-corrected chi connectivity index (χ3v) is 7.03. The Morgan fingerprint density at radius 3 is 2.49 bits per heavy atom. The smallest absolute Gasteiger partial charge is 0.263 e. The van der Waals surface area contributed by atoms with Crippen LogP contribution in [0.3, 0.4) is 0 Å². The number of carbonyl (C=O) groups is 2. The number of Topliss-reactive ketones (excluding diaryl/α,β-unsaturated/α-hetero) is 1. The summed E-state index contributed by atoms with van der Waals surface area (Å²) in [4.78, 5) is 47.6. The van der Waals surface area contributed by atoms with Gasteiger partial charge in [-0.2, -0.15) is 0 Å². The zero-order chi connectivity index (χ0) is 27.1. The minimum absolute atomic E-state index is 0.0287. The number of methoxy groups -OCH3 is 2. The van der Waals surface area contributed by atoms with Crippen molar-refractivity contribution in [3.05, 3.63) is 76.0 Å². The average Bonchev–Trinajstić information content (AvgIpc) is 3.78. The molecular weight excluding hydrogens is 500 g/mol. The fourth-order valence-corrected chi connectivity index (χ4v) is 4.96. The van der Waals surface area contributed by atoms with E-state index >= 15 is 0 Å². The highest BCUT2D eigenvalue weighted by molar-refractivity contribution is 6.06. The summed E-state index contributed by atoms with van der Waals surface area (Å²) in [5.74, 6) is 1.70. The summed E-state index contributed by atoms with van der Waals surface area (Å²) >= 11 is 0. The molecule has 2 aliphatic carbocycles. The number of rotatable bonds is 7. The number of hydrogen-bond donors (Lipinski definition) is 1. The van der Waals surface area contributed by atoms with Crippen LogP contribution >= 0.6 is 0 Å². The van der Waals surface area contributed by atoms with Crippen molar-refractivity contribution in [3.8, 4) is 23.0 Å². The number of pyridine rings is 3. The van der Waals surface area contributed by atoms with Crippen LogP contribution in [-0.4, -0.2) is 40.4 Å². The third kappa shape index (κ3) is 4.58. The van der Waals surface area contributed by atoms with Crippen LogP contribution in [0.2, 0.25) is 0 Å². The van der Waals surface area contributed by atoms with Crippen LogP contribution in [0.1, 0.15) is 58.1 Å². The maximum atomic E-state index is 13.2. The molecule has 0 aliphatic heterocycles. The second kappa shape index (κ2) is 9.86. The highest BCUT2D eigenvalue weighted by Gasteiger charge is 2.33. The molecule has 0 spiro atoms. The van der Waals surface area contributed by atoms with E-state index < -0.39 is 5.91 Å². The van der Waals surface area contributed by atoms with Gasteiger partial charge in [-0.1, -0.05) is 0 Å². The molecule has 3 aromatic heterocycles. The topological polar surface area (TPSA) is 122 Å². The second-order valence-electron chi connectivity index (χ2n) is 9.57. The summed E-state index contributed by atoms with van der Waals surface area (Å²) in [7, 11) is 3.12. The first-order valence-corrected chi connectivity index (χ1v) is 12.7. The normalized spacial score (nSPS) is 14.6. The Morgan fingerprint density at radius 1 is 0.974 bits per heavy atom. The molecule has 6 rings (SSSR count). The van der Waals surface area contributed by atoms with Crippen molar-refractivity contribution >= 4 is 28.4 Å². The van der Waals surface area contributed by atoms with Gasteiger partial charge in [-0.25, -0.2) is 4.98 Å². The van der Waals surface area contributed by atoms with Crippen LogP contribution in [0.4, 0.5) is 5.82 Å². The summed E-state index contributed by atoms with van der Waals surface area (Å²) < 4.78 is 18.5. The number of carbonyl (C=O) groups excluding carboxylic acids is 2. The van der Waals surface area contributed by atoms with Crippen LogP contribution < -0.4 is 25.1 Å². The van der Waals surface area contributed by atoms with E-state index in [0.717, 1.165) is 30.3 Å². The molecule has 3 heterocycles. The first-order valence-electron chi connectivity index (χ1n) is 12.7. The summed E-state index contributed by atoms with van der Waals surface area (Å²) in [6.07, 6.45) is 6.67. The van der Waals surface area contributed by atoms with Gasteiger partial charge < -0.3 is 24.1 Å². The van der Waals surface area contributed by atoms with E-state index in [1.165, 1.54) is 12.3 Å². The predicted octanol–water partition coefficient (Wildman–Crippen LogP) is 4.71. The van der Waals surface area contributed by atoms with Crippen molar-refractivity contribution in [2.45, 2.75) is 38.1 Å². The first kappa shape index (κ1) is 24.6. The van der Waals surface area contributed by atoms with Crippen molar-refractivity contribution in [2.75, 3.05) is 19.5 Å². The number of benzene rings is 1. The number of ether oxygens (including phenoxy) is 3. The predicted molar refractivity (Wildman–Crippen MR) is 143 cm³/mol. The van der Waals surface area contributed by atoms with E-state index in [-0.39, 0.29) is 28.8 Å². The standard InChI is InChI=1S/C29H26N4O6/c1-37-25-13-18-21(14-26(25)38-2)30-11-10-24(18)39-17-8-9-27(31-15-17)32-28(35)20-12-19-22(4-3-5-23(19)34)33(29(20)36)16-6-7-16/h8-16H,3-7H2,1-2H3,(H,31,32,35). The van der Waals surface area contributed by atoms with Crippen molar-refractivity contribution in [1.29, 1.82) is 0 Å². The van der Waals surface area contributed by atoms with Gasteiger partial charge in [-0.05, 0) is 56.0 Å². The number of nitrogens with one attached hydrogen (secondary N) is 1. The summed E-state index contributed by atoms with van der Waals surface area (Å²) in [6, 6.07) is 10.0. The van der Waals surface area contributed by atoms with Crippen molar-refractivity contribution in [2.24, 2.45) is 0 Å². The Balaban J connectivity index is 1.24. The van der Waals surface area contributed by atoms with Crippen LogP contribution in [0.5, 0.6) is 23.0 Å². The van der Waals surface area contributed by atoms with Gasteiger partial charge in [0.1, 0.15) is 22.9 Å². The maximum Gasteiger partial charge on any atom is 0.263 e. The molecule has 4 aromatic rings. The summed E-state index contributed by atoms with van der Waals surface area (Å²) in [5.41, 5.74) is 1.50. The Bertz CT molecular complexity index is 1670. The average molecular weight is 527 g/mol. The first-order chi connectivity index (χ1) is 19.0. The van der Waals surface area contributed by atoms with Gasteiger partial charge in [0, 0.05) is 41.4 Å². The van der Waals surface area contributed by atoms with E-state index in [0.29, 0.717) is 46.9 Å². The molecule has 0 radical (unpaired) electrons. The SMILES string of the molecule is COc1cc2nccc(Oc3ccc(NC(=O)c4cc5c(n(C6CC6)c4=O)CCCC5=O)nc3)c2cc1OC. The molecule has 10 heteroatoms. The summed E-state index contributed by atoms with van der Waals surface area (Å²) in [6.45, 7) is 0. The highest BCUT2D eigenvalue weighted by atomic mass is 16.5. The lowest BCUT2D eigenvalue weighted by Crippen LogP contribution is -2.34. The summed E-state index contributed by atoms with van der Waals surface area (Å²) in [5, 5.41) is 3.41. The zero-order valence-corrected chi connectivity index (χ0v) is 21.5. The van der Waals surface area contributed by atoms with Crippen molar-refractivity contribution in [3.63, 3.8) is 0 Å². The zero-order valence-electron chi connectivity index (χ0n) is 21.5. The molecule has 39 heavy (non-hydrogen) atoms. The fraction of sp³-hybridized carbons (Fsp3) is 0.276. The maximum absolute atomic E-state index is 13.2. The van der Waals surface area contributed by atoms with Gasteiger partial charge in [0.05, 0.1) is 25.9 Å². The van der Waals surface area contributed by atoms with Gasteiger partial charge in [0.2, 0.25) is 0 Å². The van der Waals surface area contributed by atoms with Crippen LogP contribution in [0, 0.1) is 0 Å². The lowest BCUT2D eigenvalue weighted by molar-refractivity contribution is 0.0970. The quantitative estimate of drug-likeness (QED) is 0.368. The Morgan fingerprint density at radius 2 is 1.77 bits per heavy atom. The number of hydrogen-bond acceptors (Lipinski definition) is 8. The monoisotopic (exact) mass is 526 g/mol. The number of ketones is 1. The second-order valence-corrected chi connectivity index (χ2v) is 9.57. The van der Waals surface area contributed by atoms with Crippen molar-refractivity contribution < 1.29 is 23.8 Å². The molecule has 198 valence electrons. The lowest BCUT2D eigenvalue weighted by atomic mass is 9.93. The number of amides is 1. The molecule has 1 fully saturated rings. The Hall–Kier alpha value is -4.73. The largest absolute Gasteiger partial charge is 0.493 e. The molecule has 1 amide bonds. The molecule has 0 saturated heterocycles. The molecule has 0 atom stereocenters. The minimum atomic E-state index is -0.599. The molecular formula is C29H26N4O6. The van der Waals surface area contributed by atoms with Gasteiger partial charge in [-0.15, -0.1) is 0 Å². The van der Waals surface area contributed by atoms with Crippen molar-refractivity contribution in [1.82, 2.24) is 14.5 Å². The fourth-order valence-electron chi connectivity index (χ4n) is 4.96. The number of nitrogens with zero attached hydrogens (tertiary/aromatic N) is 3. The molecule has 0 bridgehead atoms. The van der Waals surface area contributed by atoms with E-state index in [9.17, 15) is 14.4 Å². The number of fused-ring (bicyclic) bond motifs is 2. The van der Waals surface area contributed by atoms with Gasteiger partial charge in [-0.3, -0.25) is 19.4 Å². The van der Waals surface area contributed by atoms with E-state index in [1.54, 1.807) is 55.3 Å². The van der Waals surface area contributed by atoms with Gasteiger partial charge >= 0.3 is 0 Å². The lowest BCUT2D eigenvalue weighted by Gasteiger charge is -2.21.